The lowest BCUT2D eigenvalue weighted by Gasteiger charge is -2.28. The highest BCUT2D eigenvalue weighted by atomic mass is 16.5. The Morgan fingerprint density at radius 2 is 1.25 bits per heavy atom. The number of ketones is 2. The van der Waals surface area contributed by atoms with Gasteiger partial charge < -0.3 is 39.5 Å². The fourth-order valence-corrected chi connectivity index (χ4v) is 7.73. The maximum atomic E-state index is 12.9. The van der Waals surface area contributed by atoms with E-state index >= 15 is 0 Å². The van der Waals surface area contributed by atoms with Crippen LogP contribution in [0.25, 0.3) is 38.2 Å². The number of amides is 1. The summed E-state index contributed by atoms with van der Waals surface area (Å²) < 4.78 is 15.3. The first kappa shape index (κ1) is 50.1. The van der Waals surface area contributed by atoms with Crippen LogP contribution in [0, 0.1) is 17.9 Å². The van der Waals surface area contributed by atoms with Gasteiger partial charge in [-0.3, -0.25) is 14.4 Å². The first-order chi connectivity index (χ1) is 32.2. The van der Waals surface area contributed by atoms with Crippen LogP contribution in [0.1, 0.15) is 77.8 Å². The number of Topliss-reactive ketones (excluding diaryl/α,β-unsaturated/α-hetero) is 2. The lowest BCUT2D eigenvalue weighted by molar-refractivity contribution is -0.131. The number of pyridine rings is 2. The lowest BCUT2D eigenvalue weighted by Crippen LogP contribution is -2.40. The van der Waals surface area contributed by atoms with Crippen molar-refractivity contribution in [2.75, 3.05) is 53.6 Å². The summed E-state index contributed by atoms with van der Waals surface area (Å²) in [5.41, 5.74) is 6.99. The van der Waals surface area contributed by atoms with Gasteiger partial charge in [-0.1, -0.05) is 73.7 Å². The van der Waals surface area contributed by atoms with Crippen LogP contribution in [0.2, 0.25) is 0 Å². The van der Waals surface area contributed by atoms with Gasteiger partial charge in [0.25, 0.3) is 17.5 Å². The van der Waals surface area contributed by atoms with Crippen LogP contribution < -0.4 is 14.8 Å². The number of benzene rings is 2. The van der Waals surface area contributed by atoms with E-state index < -0.39 is 23.4 Å². The van der Waals surface area contributed by atoms with Crippen LogP contribution in [0.5, 0.6) is 11.5 Å². The molecule has 0 radical (unpaired) electrons. The zero-order valence-electron chi connectivity index (χ0n) is 36.8. The highest BCUT2D eigenvalue weighted by molar-refractivity contribution is 6.45. The summed E-state index contributed by atoms with van der Waals surface area (Å²) in [5.74, 6) is -2.73. The van der Waals surface area contributed by atoms with Gasteiger partial charge in [-0.15, -0.1) is 0 Å². The smallest absolute Gasteiger partial charge is 0.377 e. The number of hydrogen-bond acceptors (Lipinski definition) is 11. The number of carboxylic acids is 1. The van der Waals surface area contributed by atoms with E-state index in [0.717, 1.165) is 61.4 Å². The molecule has 7 heterocycles. The number of ether oxygens (including phenoxy) is 3. The average molecular weight is 907 g/mol. The van der Waals surface area contributed by atoms with Crippen molar-refractivity contribution < 1.29 is 38.5 Å². The molecular formula is C51H54N8O8. The summed E-state index contributed by atoms with van der Waals surface area (Å²) in [5, 5.41) is 22.1. The number of hydrogen-bond donors (Lipinski definition) is 4. The molecule has 16 heteroatoms. The number of allylic oxidation sites excluding steroid dienone is 1. The number of aromatic nitrogens is 4. The molecule has 0 spiro atoms. The largest absolute Gasteiger partial charge is 0.496 e. The van der Waals surface area contributed by atoms with Crippen LogP contribution in [-0.2, 0) is 14.3 Å². The molecule has 0 atom stereocenters. The second-order valence-corrected chi connectivity index (χ2v) is 15.1. The van der Waals surface area contributed by atoms with Gasteiger partial charge in [0.2, 0.25) is 0 Å². The molecule has 1 amide bonds. The summed E-state index contributed by atoms with van der Waals surface area (Å²) in [6.07, 6.45) is 11.6. The van der Waals surface area contributed by atoms with Gasteiger partial charge in [-0.2, -0.15) is 5.26 Å². The fourth-order valence-electron chi connectivity index (χ4n) is 7.73. The molecule has 0 bridgehead atoms. The van der Waals surface area contributed by atoms with Crippen molar-refractivity contribution in [3.63, 3.8) is 0 Å². The molecule has 0 unspecified atom stereocenters. The van der Waals surface area contributed by atoms with Crippen molar-refractivity contribution in [3.05, 3.63) is 142 Å². The Balaban J connectivity index is 0.000000191. The van der Waals surface area contributed by atoms with Gasteiger partial charge in [0.1, 0.15) is 22.8 Å². The first-order valence-electron chi connectivity index (χ1n) is 21.4. The lowest BCUT2D eigenvalue weighted by atomic mass is 9.95. The van der Waals surface area contributed by atoms with E-state index in [9.17, 15) is 24.4 Å². The maximum absolute atomic E-state index is 12.9. The zero-order chi connectivity index (χ0) is 46.8. The summed E-state index contributed by atoms with van der Waals surface area (Å²) in [7, 11) is 2.95. The number of likely N-dealkylation sites (tertiary alicyclic amines) is 1. The van der Waals surface area contributed by atoms with Gasteiger partial charge in [-0.05, 0) is 80.4 Å². The third-order valence-corrected chi connectivity index (χ3v) is 11.1. The second-order valence-electron chi connectivity index (χ2n) is 15.1. The molecule has 0 aliphatic carbocycles. The van der Waals surface area contributed by atoms with E-state index in [2.05, 4.69) is 36.2 Å². The quantitative estimate of drug-likeness (QED) is 0.0491. The van der Waals surface area contributed by atoms with E-state index in [1.165, 1.54) is 51.2 Å². The van der Waals surface area contributed by atoms with Crippen molar-refractivity contribution in [2.45, 2.75) is 46.0 Å². The summed E-state index contributed by atoms with van der Waals surface area (Å²) in [6, 6.07) is 25.1. The van der Waals surface area contributed by atoms with Gasteiger partial charge in [0, 0.05) is 51.1 Å². The number of H-pyrrole nitrogens is 2. The number of aromatic amines is 2. The monoisotopic (exact) mass is 906 g/mol. The van der Waals surface area contributed by atoms with Gasteiger partial charge in [0.15, 0.2) is 5.70 Å². The van der Waals surface area contributed by atoms with Gasteiger partial charge >= 0.3 is 5.97 Å². The fraction of sp³-hybridized carbons (Fsp3) is 0.294. The molecule has 4 aromatic heterocycles. The number of carboxylic acid groups (broad SMARTS) is 1. The molecule has 3 fully saturated rings. The van der Waals surface area contributed by atoms with Crippen molar-refractivity contribution in [3.8, 4) is 17.6 Å². The minimum atomic E-state index is -1.51. The van der Waals surface area contributed by atoms with Crippen molar-refractivity contribution in [1.82, 2.24) is 30.2 Å². The van der Waals surface area contributed by atoms with Crippen LogP contribution in [0.15, 0.2) is 109 Å². The zero-order valence-corrected chi connectivity index (χ0v) is 36.8. The standard InChI is InChI=1S/C23H20N4O3.C13H14N2.C10H8N2O4.C4H8O.CH4/c1-24-20(15-6-4-3-5-7-15)16-9-12-27(13-10-16)23(29)21(28)17-14-26-22-19(17)18(30-2)8-11-25-22;14-10-13(11-4-2-1-3-5-11)12-6-8-15-9-7-12;1-16-6-2-3-11-9-7(6)5(4-12-9)8(13)10(14)15;1-2-4-5-3-1;/h3-8,11,14H,9-10,12-13H2,2H3,(H,25,26);1-5,15H,6-9H2;2-4H,1H3,(H,11,12)(H,14,15);1-4H2;1H4. The number of carbonyl (C=O) groups is 4. The van der Waals surface area contributed by atoms with Crippen LogP contribution >= 0.6 is 0 Å². The number of fused-ring (bicyclic) bond motifs is 2. The van der Waals surface area contributed by atoms with E-state index in [0.29, 0.717) is 65.2 Å². The van der Waals surface area contributed by atoms with E-state index in [1.807, 2.05) is 60.7 Å². The van der Waals surface area contributed by atoms with E-state index in [-0.39, 0.29) is 18.6 Å². The summed E-state index contributed by atoms with van der Waals surface area (Å²) in [6.45, 7) is 12.4. The van der Waals surface area contributed by atoms with Crippen LogP contribution in [-0.4, -0.2) is 107 Å². The third-order valence-electron chi connectivity index (χ3n) is 11.1. The first-order valence-corrected chi connectivity index (χ1v) is 21.4. The van der Waals surface area contributed by atoms with E-state index in [1.54, 1.807) is 23.2 Å². The number of aliphatic carboxylic acids is 1. The molecular weight excluding hydrogens is 853 g/mol. The minimum Gasteiger partial charge on any atom is -0.496 e. The Morgan fingerprint density at radius 3 is 1.70 bits per heavy atom. The number of nitriles is 1. The van der Waals surface area contributed by atoms with Gasteiger partial charge in [0.05, 0.1) is 54.3 Å². The number of carbonyl (C=O) groups excluding carboxylic acids is 3. The average Bonchev–Trinajstić information content (AvgIpc) is 4.19. The third kappa shape index (κ3) is 12.5. The highest BCUT2D eigenvalue weighted by Crippen LogP contribution is 2.31. The predicted octanol–water partition coefficient (Wildman–Crippen LogP) is 8.33. The van der Waals surface area contributed by atoms with Crippen LogP contribution in [0.3, 0.4) is 0 Å². The molecule has 16 nitrogen and oxygen atoms in total. The Morgan fingerprint density at radius 1 is 0.746 bits per heavy atom. The Kier molecular flexibility index (Phi) is 18.7. The Bertz CT molecular complexity index is 2790. The van der Waals surface area contributed by atoms with Gasteiger partial charge in [-0.25, -0.2) is 19.6 Å². The summed E-state index contributed by atoms with van der Waals surface area (Å²) in [4.78, 5) is 66.9. The molecule has 9 rings (SSSR count). The number of rotatable bonds is 8. The molecule has 4 N–H and O–H groups in total. The molecule has 2 aromatic carbocycles. The number of nitrogens with zero attached hydrogens (tertiary/aromatic N) is 5. The molecule has 6 aromatic rings. The minimum absolute atomic E-state index is 0. The Labute approximate surface area is 389 Å². The SMILES string of the molecule is C.C1CCOC1.COc1ccnc2[nH]cc(C(=O)C(=O)O)c12.N#CC(=C1CCNCC1)c1ccccc1.[C-]#[N+]C(=C1CCN(C(=O)C(=O)c2c[nH]c3nccc(OC)c23)CC1)c1ccccc1. The molecule has 3 saturated heterocycles. The predicted molar refractivity (Wildman–Crippen MR) is 255 cm³/mol. The molecule has 67 heavy (non-hydrogen) atoms. The molecule has 0 saturated carbocycles. The number of methoxy groups -OCH3 is 2. The van der Waals surface area contributed by atoms with Crippen molar-refractivity contribution >= 4 is 56.8 Å². The molecule has 3 aliphatic rings. The molecule has 3 aliphatic heterocycles. The normalized spacial score (nSPS) is 13.9. The number of nitrogens with one attached hydrogen (secondary N) is 3. The summed E-state index contributed by atoms with van der Waals surface area (Å²) >= 11 is 0. The topological polar surface area (TPSA) is 217 Å². The Hall–Kier alpha value is -7.92. The van der Waals surface area contributed by atoms with Crippen molar-refractivity contribution in [2.24, 2.45) is 0 Å². The maximum Gasteiger partial charge on any atom is 0.377 e. The number of piperidine rings is 2. The second kappa shape index (κ2) is 25.0. The van der Waals surface area contributed by atoms with Crippen molar-refractivity contribution in [1.29, 1.82) is 5.26 Å². The molecule has 346 valence electrons. The van der Waals surface area contributed by atoms with E-state index in [4.69, 9.17) is 25.9 Å². The van der Waals surface area contributed by atoms with Crippen LogP contribution in [0.4, 0.5) is 0 Å². The highest BCUT2D eigenvalue weighted by Gasteiger charge is 2.30.